The fourth-order valence-corrected chi connectivity index (χ4v) is 2.91. The summed E-state index contributed by atoms with van der Waals surface area (Å²) in [5.41, 5.74) is 0.679. The van der Waals surface area contributed by atoms with Crippen molar-refractivity contribution in [3.8, 4) is 0 Å². The van der Waals surface area contributed by atoms with Gasteiger partial charge in [0, 0.05) is 32.1 Å². The van der Waals surface area contributed by atoms with Gasteiger partial charge < -0.3 is 9.72 Å². The molecule has 1 heterocycles. The van der Waals surface area contributed by atoms with E-state index in [1.165, 1.54) is 17.5 Å². The highest BCUT2D eigenvalue weighted by Crippen LogP contribution is 2.18. The molecular weight excluding hydrogens is 264 g/mol. The summed E-state index contributed by atoms with van der Waals surface area (Å²) < 4.78 is 30.6. The highest BCUT2D eigenvalue weighted by molar-refractivity contribution is 7.89. The van der Waals surface area contributed by atoms with Crippen LogP contribution in [0.2, 0.25) is 0 Å². The van der Waals surface area contributed by atoms with E-state index in [2.05, 4.69) is 4.98 Å². The van der Waals surface area contributed by atoms with Crippen LogP contribution in [0.3, 0.4) is 0 Å². The van der Waals surface area contributed by atoms with Gasteiger partial charge in [-0.15, -0.1) is 11.6 Å². The van der Waals surface area contributed by atoms with Crippen LogP contribution in [0, 0.1) is 0 Å². The van der Waals surface area contributed by atoms with Crippen molar-refractivity contribution in [2.75, 3.05) is 20.8 Å². The van der Waals surface area contributed by atoms with E-state index in [9.17, 15) is 8.42 Å². The molecule has 0 spiro atoms. The number of halogens is 1. The van der Waals surface area contributed by atoms with Crippen molar-refractivity contribution in [2.24, 2.45) is 0 Å². The number of hydrogen-bond acceptors (Lipinski definition) is 3. The molecule has 0 bridgehead atoms. The van der Waals surface area contributed by atoms with Crippen molar-refractivity contribution in [3.63, 3.8) is 0 Å². The van der Waals surface area contributed by atoms with E-state index in [0.717, 1.165) is 0 Å². The average molecular weight is 281 g/mol. The molecule has 17 heavy (non-hydrogen) atoms. The largest absolute Gasteiger partial charge is 0.383 e. The summed E-state index contributed by atoms with van der Waals surface area (Å²) in [7, 11) is -0.412. The molecule has 1 rings (SSSR count). The van der Waals surface area contributed by atoms with Crippen LogP contribution in [0.25, 0.3) is 0 Å². The Morgan fingerprint density at radius 2 is 2.24 bits per heavy atom. The first-order valence-electron chi connectivity index (χ1n) is 5.13. The number of aromatic amines is 1. The lowest BCUT2D eigenvalue weighted by Gasteiger charge is -2.22. The summed E-state index contributed by atoms with van der Waals surface area (Å²) in [6.07, 6.45) is 1.45. The topological polar surface area (TPSA) is 62.4 Å². The van der Waals surface area contributed by atoms with Crippen molar-refractivity contribution in [3.05, 3.63) is 18.0 Å². The fourth-order valence-electron chi connectivity index (χ4n) is 1.39. The second kappa shape index (κ2) is 5.86. The first-order valence-corrected chi connectivity index (χ1v) is 7.11. The van der Waals surface area contributed by atoms with Gasteiger partial charge in [-0.25, -0.2) is 8.42 Å². The van der Waals surface area contributed by atoms with Crippen LogP contribution in [0.15, 0.2) is 17.2 Å². The maximum atomic E-state index is 12.2. The number of ether oxygens (including phenoxy) is 1. The summed E-state index contributed by atoms with van der Waals surface area (Å²) in [6, 6.07) is 1.32. The van der Waals surface area contributed by atoms with Gasteiger partial charge in [0.05, 0.1) is 17.4 Å². The number of hydrogen-bond donors (Lipinski definition) is 1. The lowest BCUT2D eigenvalue weighted by atomic mass is 10.4. The first kappa shape index (κ1) is 14.5. The van der Waals surface area contributed by atoms with Crippen LogP contribution < -0.4 is 0 Å². The van der Waals surface area contributed by atoms with Gasteiger partial charge in [0.1, 0.15) is 0 Å². The van der Waals surface area contributed by atoms with E-state index in [1.54, 1.807) is 20.1 Å². The molecule has 0 aromatic carbocycles. The number of nitrogens with zero attached hydrogens (tertiary/aromatic N) is 1. The third-order valence-corrected chi connectivity index (χ3v) is 4.80. The molecule has 0 aliphatic heterocycles. The highest BCUT2D eigenvalue weighted by atomic mass is 35.5. The quantitative estimate of drug-likeness (QED) is 0.802. The summed E-state index contributed by atoms with van der Waals surface area (Å²) in [5, 5.41) is 0. The van der Waals surface area contributed by atoms with Gasteiger partial charge in [-0.1, -0.05) is 0 Å². The normalized spacial score (nSPS) is 14.2. The smallest absolute Gasteiger partial charge is 0.244 e. The van der Waals surface area contributed by atoms with Crippen LogP contribution in [0.4, 0.5) is 0 Å². The zero-order valence-electron chi connectivity index (χ0n) is 10.1. The summed E-state index contributed by atoms with van der Waals surface area (Å²) in [4.78, 5) is 3.04. The fraction of sp³-hybridized carbons (Fsp3) is 0.600. The van der Waals surface area contributed by atoms with E-state index < -0.39 is 10.0 Å². The maximum absolute atomic E-state index is 12.2. The van der Waals surface area contributed by atoms with Gasteiger partial charge in [-0.05, 0) is 13.0 Å². The molecule has 98 valence electrons. The van der Waals surface area contributed by atoms with E-state index in [0.29, 0.717) is 12.3 Å². The molecular formula is C10H17ClN2O3S. The number of H-pyrrole nitrogens is 1. The zero-order chi connectivity index (χ0) is 13.1. The number of likely N-dealkylation sites (N-methyl/N-ethyl adjacent to an activating group) is 1. The third-order valence-electron chi connectivity index (χ3n) is 2.57. The van der Waals surface area contributed by atoms with Gasteiger partial charge in [-0.2, -0.15) is 4.31 Å². The standard InChI is InChI=1S/C10H17ClN2O3S/c1-8(7-16-3)13(2)17(14,15)10-4-9(5-11)12-6-10/h4,6,8,12H,5,7H2,1-3H3. The number of rotatable bonds is 6. The minimum absolute atomic E-state index is 0.221. The summed E-state index contributed by atoms with van der Waals surface area (Å²) in [5.74, 6) is 0.257. The molecule has 0 aliphatic carbocycles. The van der Waals surface area contributed by atoms with E-state index in [4.69, 9.17) is 16.3 Å². The SMILES string of the molecule is COCC(C)N(C)S(=O)(=O)c1c[nH]c(CCl)c1. The molecule has 0 amide bonds. The predicted molar refractivity (Wildman–Crippen MR) is 66.6 cm³/mol. The van der Waals surface area contributed by atoms with Crippen LogP contribution in [-0.2, 0) is 20.6 Å². The molecule has 1 aromatic rings. The second-order valence-corrected chi connectivity index (χ2v) is 6.08. The number of sulfonamides is 1. The van der Waals surface area contributed by atoms with Crippen LogP contribution in [-0.4, -0.2) is 44.5 Å². The van der Waals surface area contributed by atoms with Gasteiger partial charge in [0.15, 0.2) is 0 Å². The van der Waals surface area contributed by atoms with Gasteiger partial charge in [-0.3, -0.25) is 0 Å². The first-order chi connectivity index (χ1) is 7.93. The van der Waals surface area contributed by atoms with Crippen LogP contribution in [0.5, 0.6) is 0 Å². The van der Waals surface area contributed by atoms with E-state index in [-0.39, 0.29) is 16.8 Å². The Morgan fingerprint density at radius 1 is 1.59 bits per heavy atom. The molecule has 0 aliphatic rings. The number of alkyl halides is 1. The van der Waals surface area contributed by atoms with Crippen molar-refractivity contribution in [1.82, 2.24) is 9.29 Å². The minimum atomic E-state index is -3.49. The molecule has 1 unspecified atom stereocenters. The Bertz CT molecular complexity index is 458. The molecule has 0 radical (unpaired) electrons. The Balaban J connectivity index is 2.94. The molecule has 1 N–H and O–H groups in total. The summed E-state index contributed by atoms with van der Waals surface area (Å²) >= 11 is 5.62. The van der Waals surface area contributed by atoms with Crippen molar-refractivity contribution < 1.29 is 13.2 Å². The van der Waals surface area contributed by atoms with Gasteiger partial charge in [0.25, 0.3) is 0 Å². The molecule has 0 saturated carbocycles. The third kappa shape index (κ3) is 3.22. The van der Waals surface area contributed by atoms with Crippen LogP contribution in [0.1, 0.15) is 12.6 Å². The van der Waals surface area contributed by atoms with Crippen molar-refractivity contribution in [1.29, 1.82) is 0 Å². The lowest BCUT2D eigenvalue weighted by Crippen LogP contribution is -2.37. The Morgan fingerprint density at radius 3 is 2.71 bits per heavy atom. The Hall–Kier alpha value is -0.560. The van der Waals surface area contributed by atoms with E-state index in [1.807, 2.05) is 0 Å². The maximum Gasteiger partial charge on any atom is 0.244 e. The molecule has 1 atom stereocenters. The highest BCUT2D eigenvalue weighted by Gasteiger charge is 2.26. The molecule has 1 aromatic heterocycles. The molecule has 5 nitrogen and oxygen atoms in total. The Kier molecular flexibility index (Phi) is 5.00. The van der Waals surface area contributed by atoms with Gasteiger partial charge in [0.2, 0.25) is 10.0 Å². The van der Waals surface area contributed by atoms with Crippen molar-refractivity contribution >= 4 is 21.6 Å². The average Bonchev–Trinajstić information content (AvgIpc) is 2.77. The van der Waals surface area contributed by atoms with Crippen molar-refractivity contribution in [2.45, 2.75) is 23.7 Å². The van der Waals surface area contributed by atoms with Gasteiger partial charge >= 0.3 is 0 Å². The molecule has 7 heteroatoms. The second-order valence-electron chi connectivity index (χ2n) is 3.82. The monoisotopic (exact) mass is 280 g/mol. The number of methoxy groups -OCH3 is 1. The number of nitrogens with one attached hydrogen (secondary N) is 1. The van der Waals surface area contributed by atoms with Crippen LogP contribution >= 0.6 is 11.6 Å². The van der Waals surface area contributed by atoms with E-state index >= 15 is 0 Å². The lowest BCUT2D eigenvalue weighted by molar-refractivity contribution is 0.149. The summed E-state index contributed by atoms with van der Waals surface area (Å²) in [6.45, 7) is 2.14. The minimum Gasteiger partial charge on any atom is -0.383 e. The predicted octanol–water partition coefficient (Wildman–Crippen LogP) is 1.41. The Labute approximate surface area is 107 Å². The number of aromatic nitrogens is 1. The zero-order valence-corrected chi connectivity index (χ0v) is 11.7. The molecule has 0 saturated heterocycles. The molecule has 0 fully saturated rings.